The molecule has 0 fully saturated rings. The first-order chi connectivity index (χ1) is 15.4. The van der Waals surface area contributed by atoms with Gasteiger partial charge in [-0.25, -0.2) is 0 Å². The third kappa shape index (κ3) is 9.83. The van der Waals surface area contributed by atoms with Gasteiger partial charge < -0.3 is 10.2 Å². The van der Waals surface area contributed by atoms with Crippen molar-refractivity contribution in [3.8, 4) is 0 Å². The van der Waals surface area contributed by atoms with Crippen molar-refractivity contribution in [3.05, 3.63) is 69.7 Å². The minimum absolute atomic E-state index is 0.421. The van der Waals surface area contributed by atoms with Crippen LogP contribution in [0.4, 0.5) is 0 Å². The third-order valence-corrected chi connectivity index (χ3v) is 6.90. The second-order valence-electron chi connectivity index (χ2n) is 9.08. The molecule has 2 nitrogen and oxygen atoms in total. The fourth-order valence-electron chi connectivity index (χ4n) is 4.33. The summed E-state index contributed by atoms with van der Waals surface area (Å²) in [6.07, 6.45) is 13.3. The maximum absolute atomic E-state index is 11.5. The Morgan fingerprint density at radius 1 is 0.688 bits per heavy atom. The summed E-state index contributed by atoms with van der Waals surface area (Å²) in [7, 11) is 0. The zero-order chi connectivity index (χ0) is 23.2. The maximum Gasteiger partial charge on any atom is 0.0896 e. The van der Waals surface area contributed by atoms with Gasteiger partial charge in [-0.2, -0.15) is 0 Å². The molecule has 4 heteroatoms. The minimum atomic E-state index is -0.762. The highest BCUT2D eigenvalue weighted by molar-refractivity contribution is 6.30. The number of aliphatic hydroxyl groups is 2. The number of hydrogen-bond donors (Lipinski definition) is 2. The first kappa shape index (κ1) is 27.2. The molecule has 2 atom stereocenters. The Morgan fingerprint density at radius 3 is 1.72 bits per heavy atom. The summed E-state index contributed by atoms with van der Waals surface area (Å²) in [6, 6.07) is 15.2. The zero-order valence-electron chi connectivity index (χ0n) is 19.5. The van der Waals surface area contributed by atoms with Crippen molar-refractivity contribution in [1.29, 1.82) is 0 Å². The molecule has 0 aliphatic heterocycles. The van der Waals surface area contributed by atoms with E-state index in [9.17, 15) is 10.2 Å². The lowest BCUT2D eigenvalue weighted by atomic mass is 9.83. The van der Waals surface area contributed by atoms with E-state index in [0.717, 1.165) is 68.9 Å². The Labute approximate surface area is 205 Å². The van der Waals surface area contributed by atoms with Crippen molar-refractivity contribution < 1.29 is 10.2 Å². The largest absolute Gasteiger partial charge is 0.388 e. The van der Waals surface area contributed by atoms with Gasteiger partial charge in [0, 0.05) is 10.0 Å². The Morgan fingerprint density at radius 2 is 1.16 bits per heavy atom. The third-order valence-electron chi connectivity index (χ3n) is 6.40. The number of halogens is 2. The molecule has 32 heavy (non-hydrogen) atoms. The summed E-state index contributed by atoms with van der Waals surface area (Å²) in [5.41, 5.74) is 1.16. The number of unbranched alkanes of at least 4 members (excludes halogenated alkanes) is 8. The van der Waals surface area contributed by atoms with E-state index in [1.165, 1.54) is 25.7 Å². The second-order valence-corrected chi connectivity index (χ2v) is 9.95. The Bertz CT molecular complexity index is 745. The van der Waals surface area contributed by atoms with Crippen molar-refractivity contribution in [2.75, 3.05) is 0 Å². The van der Waals surface area contributed by atoms with Crippen LogP contribution in [0.5, 0.6) is 0 Å². The van der Waals surface area contributed by atoms with Gasteiger partial charge in [-0.1, -0.05) is 119 Å². The van der Waals surface area contributed by atoms with Gasteiger partial charge in [0.25, 0.3) is 0 Å². The molecule has 2 N–H and O–H groups in total. The van der Waals surface area contributed by atoms with E-state index in [4.69, 9.17) is 23.2 Å². The van der Waals surface area contributed by atoms with E-state index >= 15 is 0 Å². The van der Waals surface area contributed by atoms with Crippen LogP contribution in [-0.2, 0) is 5.60 Å². The molecule has 0 saturated carbocycles. The van der Waals surface area contributed by atoms with E-state index in [-0.39, 0.29) is 0 Å². The smallest absolute Gasteiger partial charge is 0.0896 e. The van der Waals surface area contributed by atoms with Crippen molar-refractivity contribution >= 4 is 23.2 Å². The van der Waals surface area contributed by atoms with Crippen LogP contribution in [0.2, 0.25) is 10.0 Å². The predicted octanol–water partition coefficient (Wildman–Crippen LogP) is 9.01. The average Bonchev–Trinajstić information content (AvgIpc) is 2.79. The number of rotatable bonds is 16. The zero-order valence-corrected chi connectivity index (χ0v) is 21.1. The molecule has 2 aromatic carbocycles. The molecule has 0 amide bonds. The van der Waals surface area contributed by atoms with Crippen LogP contribution >= 0.6 is 23.2 Å². The molecule has 0 aliphatic carbocycles. The SMILES string of the molecule is CCCCCCCC(O)(CCCCCCCC(O)c1ccc(Cl)cc1)c1ccc(Cl)cc1. The monoisotopic (exact) mass is 478 g/mol. The van der Waals surface area contributed by atoms with E-state index in [1.54, 1.807) is 0 Å². The van der Waals surface area contributed by atoms with Gasteiger partial charge in [0.2, 0.25) is 0 Å². The highest BCUT2D eigenvalue weighted by atomic mass is 35.5. The minimum Gasteiger partial charge on any atom is -0.388 e. The predicted molar refractivity (Wildman–Crippen MR) is 137 cm³/mol. The molecule has 2 rings (SSSR count). The molecular formula is C28H40Cl2O2. The normalized spacial score (nSPS) is 14.3. The van der Waals surface area contributed by atoms with Gasteiger partial charge in [0.05, 0.1) is 11.7 Å². The van der Waals surface area contributed by atoms with Crippen LogP contribution in [0.15, 0.2) is 48.5 Å². The lowest BCUT2D eigenvalue weighted by Crippen LogP contribution is -2.25. The molecule has 2 unspecified atom stereocenters. The van der Waals surface area contributed by atoms with Crippen molar-refractivity contribution in [2.24, 2.45) is 0 Å². The molecule has 178 valence electrons. The molecular weight excluding hydrogens is 439 g/mol. The summed E-state index contributed by atoms with van der Waals surface area (Å²) >= 11 is 12.0. The molecule has 0 bridgehead atoms. The summed E-state index contributed by atoms with van der Waals surface area (Å²) in [5, 5.41) is 23.2. The molecule has 0 heterocycles. The highest BCUT2D eigenvalue weighted by Gasteiger charge is 2.28. The van der Waals surface area contributed by atoms with Gasteiger partial charge in [0.15, 0.2) is 0 Å². The topological polar surface area (TPSA) is 40.5 Å². The van der Waals surface area contributed by atoms with Gasteiger partial charge >= 0.3 is 0 Å². The quantitative estimate of drug-likeness (QED) is 0.236. The van der Waals surface area contributed by atoms with Crippen molar-refractivity contribution in [2.45, 2.75) is 102 Å². The molecule has 0 aliphatic rings. The van der Waals surface area contributed by atoms with Gasteiger partial charge in [-0.3, -0.25) is 0 Å². The van der Waals surface area contributed by atoms with Gasteiger partial charge in [-0.05, 0) is 54.7 Å². The highest BCUT2D eigenvalue weighted by Crippen LogP contribution is 2.34. The molecule has 0 saturated heterocycles. The average molecular weight is 480 g/mol. The number of aliphatic hydroxyl groups excluding tert-OH is 1. The number of benzene rings is 2. The van der Waals surface area contributed by atoms with Crippen LogP contribution in [0, 0.1) is 0 Å². The van der Waals surface area contributed by atoms with E-state index in [0.29, 0.717) is 10.0 Å². The fraction of sp³-hybridized carbons (Fsp3) is 0.571. The van der Waals surface area contributed by atoms with Crippen molar-refractivity contribution in [1.82, 2.24) is 0 Å². The van der Waals surface area contributed by atoms with Crippen LogP contribution in [-0.4, -0.2) is 10.2 Å². The summed E-state index contributed by atoms with van der Waals surface area (Å²) < 4.78 is 0. The van der Waals surface area contributed by atoms with Crippen LogP contribution in [0.1, 0.15) is 108 Å². The van der Waals surface area contributed by atoms with Crippen LogP contribution in [0.3, 0.4) is 0 Å². The molecule has 0 aromatic heterocycles. The molecule has 2 aromatic rings. The standard InChI is InChI=1S/C28H40Cl2O2/c1-2-3-4-7-10-21-28(32,24-15-19-26(30)20-16-24)22-11-8-5-6-9-12-27(31)23-13-17-25(29)18-14-23/h13-20,27,31-32H,2-12,21-22H2,1H3. The first-order valence-corrected chi connectivity index (χ1v) is 13.1. The lowest BCUT2D eigenvalue weighted by Gasteiger charge is -2.29. The van der Waals surface area contributed by atoms with E-state index in [2.05, 4.69) is 6.92 Å². The first-order valence-electron chi connectivity index (χ1n) is 12.4. The summed E-state index contributed by atoms with van der Waals surface area (Å²) in [6.45, 7) is 2.22. The van der Waals surface area contributed by atoms with Gasteiger partial charge in [-0.15, -0.1) is 0 Å². The van der Waals surface area contributed by atoms with Crippen LogP contribution < -0.4 is 0 Å². The Hall–Kier alpha value is -1.06. The Kier molecular flexibility index (Phi) is 12.7. The summed E-state index contributed by atoms with van der Waals surface area (Å²) in [5.74, 6) is 0. The van der Waals surface area contributed by atoms with Crippen molar-refractivity contribution in [3.63, 3.8) is 0 Å². The van der Waals surface area contributed by atoms with E-state index < -0.39 is 11.7 Å². The van der Waals surface area contributed by atoms with Crippen LogP contribution in [0.25, 0.3) is 0 Å². The fourth-order valence-corrected chi connectivity index (χ4v) is 4.58. The second kappa shape index (κ2) is 15.0. The Balaban J connectivity index is 1.72. The van der Waals surface area contributed by atoms with E-state index in [1.807, 2.05) is 48.5 Å². The lowest BCUT2D eigenvalue weighted by molar-refractivity contribution is 0.0132. The maximum atomic E-state index is 11.5. The van der Waals surface area contributed by atoms with Gasteiger partial charge in [0.1, 0.15) is 0 Å². The molecule has 0 spiro atoms. The number of hydrogen-bond acceptors (Lipinski definition) is 2. The molecule has 0 radical (unpaired) electrons. The summed E-state index contributed by atoms with van der Waals surface area (Å²) in [4.78, 5) is 0.